The van der Waals surface area contributed by atoms with Crippen LogP contribution in [0.3, 0.4) is 0 Å². The Hall–Kier alpha value is -2.91. The number of aromatic nitrogens is 2. The van der Waals surface area contributed by atoms with Crippen LogP contribution in [-0.2, 0) is 6.18 Å². The van der Waals surface area contributed by atoms with E-state index in [9.17, 15) is 23.3 Å². The van der Waals surface area contributed by atoms with Gasteiger partial charge in [-0.15, -0.1) is 0 Å². The van der Waals surface area contributed by atoms with E-state index in [1.807, 2.05) is 0 Å². The van der Waals surface area contributed by atoms with Gasteiger partial charge in [0, 0.05) is 24.0 Å². The number of alkyl halides is 3. The summed E-state index contributed by atoms with van der Waals surface area (Å²) in [4.78, 5) is 17.5. The van der Waals surface area contributed by atoms with Gasteiger partial charge in [0.25, 0.3) is 5.69 Å². The van der Waals surface area contributed by atoms with Gasteiger partial charge in [0.15, 0.2) is 0 Å². The van der Waals surface area contributed by atoms with Crippen molar-refractivity contribution >= 4 is 17.3 Å². The van der Waals surface area contributed by atoms with Crippen LogP contribution in [0.5, 0.6) is 5.88 Å². The molecule has 2 aromatic rings. The maximum absolute atomic E-state index is 13.0. The molecule has 25 heavy (non-hydrogen) atoms. The molecule has 0 atom stereocenters. The molecule has 134 valence electrons. The fourth-order valence-corrected chi connectivity index (χ4v) is 1.80. The van der Waals surface area contributed by atoms with Crippen LogP contribution in [0, 0.1) is 16.0 Å². The number of halogens is 3. The molecule has 0 unspecified atom stereocenters. The minimum Gasteiger partial charge on any atom is -0.477 e. The highest BCUT2D eigenvalue weighted by Crippen LogP contribution is 2.35. The number of nitro groups is 1. The monoisotopic (exact) mass is 356 g/mol. The lowest BCUT2D eigenvalue weighted by molar-refractivity contribution is -0.384. The molecule has 0 spiro atoms. The fourth-order valence-electron chi connectivity index (χ4n) is 1.80. The maximum Gasteiger partial charge on any atom is 0.423 e. The molecule has 0 fully saturated rings. The van der Waals surface area contributed by atoms with E-state index in [1.165, 1.54) is 24.3 Å². The molecule has 7 nitrogen and oxygen atoms in total. The predicted octanol–water partition coefficient (Wildman–Crippen LogP) is 4.18. The molecule has 2 rings (SSSR count). The van der Waals surface area contributed by atoms with Crippen molar-refractivity contribution in [2.75, 3.05) is 11.9 Å². The second kappa shape index (κ2) is 7.32. The third kappa shape index (κ3) is 5.03. The molecule has 1 N–H and O–H groups in total. The summed E-state index contributed by atoms with van der Waals surface area (Å²) < 4.78 is 44.2. The van der Waals surface area contributed by atoms with E-state index in [-0.39, 0.29) is 29.8 Å². The maximum atomic E-state index is 13.0. The third-order valence-corrected chi connectivity index (χ3v) is 2.93. The summed E-state index contributed by atoms with van der Waals surface area (Å²) in [5.74, 6) is -0.749. The Kier molecular flexibility index (Phi) is 5.40. The Morgan fingerprint density at radius 3 is 2.68 bits per heavy atom. The number of hydrogen-bond acceptors (Lipinski definition) is 6. The number of hydrogen-bond donors (Lipinski definition) is 1. The van der Waals surface area contributed by atoms with Crippen LogP contribution in [0.25, 0.3) is 0 Å². The van der Waals surface area contributed by atoms with Crippen molar-refractivity contribution < 1.29 is 22.8 Å². The molecule has 1 heterocycles. The summed E-state index contributed by atoms with van der Waals surface area (Å²) in [5, 5.41) is 13.4. The number of nitrogens with zero attached hydrogens (tertiary/aromatic N) is 3. The molecule has 0 radical (unpaired) electrons. The largest absolute Gasteiger partial charge is 0.477 e. The number of non-ortho nitro benzene ring substituents is 1. The van der Waals surface area contributed by atoms with Gasteiger partial charge in [-0.3, -0.25) is 10.1 Å². The van der Waals surface area contributed by atoms with E-state index in [4.69, 9.17) is 4.74 Å². The topological polar surface area (TPSA) is 90.2 Å². The summed E-state index contributed by atoms with van der Waals surface area (Å²) in [5.41, 5.74) is -0.991. The normalized spacial score (nSPS) is 11.4. The Morgan fingerprint density at radius 2 is 2.08 bits per heavy atom. The van der Waals surface area contributed by atoms with E-state index in [1.54, 1.807) is 13.8 Å². The number of benzene rings is 1. The van der Waals surface area contributed by atoms with Gasteiger partial charge in [-0.25, -0.2) is 4.98 Å². The fraction of sp³-hybridized carbons (Fsp3) is 0.333. The van der Waals surface area contributed by atoms with Gasteiger partial charge in [0.1, 0.15) is 5.56 Å². The molecule has 0 aliphatic rings. The smallest absolute Gasteiger partial charge is 0.423 e. The Morgan fingerprint density at radius 1 is 1.36 bits per heavy atom. The highest BCUT2D eigenvalue weighted by atomic mass is 19.4. The number of rotatable bonds is 6. The van der Waals surface area contributed by atoms with E-state index < -0.39 is 22.5 Å². The van der Waals surface area contributed by atoms with Gasteiger partial charge in [0.05, 0.1) is 11.5 Å². The van der Waals surface area contributed by atoms with Crippen LogP contribution < -0.4 is 10.1 Å². The van der Waals surface area contributed by atoms with Crippen molar-refractivity contribution in [2.24, 2.45) is 5.92 Å². The number of nitro benzene ring substituents is 1. The van der Waals surface area contributed by atoms with Crippen molar-refractivity contribution in [1.82, 2.24) is 9.97 Å². The molecular weight excluding hydrogens is 341 g/mol. The van der Waals surface area contributed by atoms with Crippen LogP contribution in [0.1, 0.15) is 19.4 Å². The SMILES string of the molecule is CC(C)COc1nc(Nc2cccc([N+](=O)[O-])c2)ncc1C(F)(F)F. The summed E-state index contributed by atoms with van der Waals surface area (Å²) in [6.45, 7) is 3.63. The van der Waals surface area contributed by atoms with Crippen LogP contribution in [0.15, 0.2) is 30.5 Å². The van der Waals surface area contributed by atoms with Gasteiger partial charge in [0.2, 0.25) is 11.8 Å². The molecule has 0 saturated heterocycles. The second-order valence-electron chi connectivity index (χ2n) is 5.55. The van der Waals surface area contributed by atoms with Crippen LogP contribution in [-0.4, -0.2) is 21.5 Å². The molecule has 1 aromatic carbocycles. The quantitative estimate of drug-likeness (QED) is 0.617. The first-order chi connectivity index (χ1) is 11.7. The second-order valence-corrected chi connectivity index (χ2v) is 5.55. The van der Waals surface area contributed by atoms with Crippen molar-refractivity contribution in [3.05, 3.63) is 46.1 Å². The van der Waals surface area contributed by atoms with Gasteiger partial charge in [-0.1, -0.05) is 19.9 Å². The average Bonchev–Trinajstić information content (AvgIpc) is 2.52. The Balaban J connectivity index is 2.31. The van der Waals surface area contributed by atoms with Gasteiger partial charge in [-0.05, 0) is 12.0 Å². The van der Waals surface area contributed by atoms with E-state index in [0.29, 0.717) is 6.20 Å². The minimum absolute atomic E-state index is 0.00392. The number of nitrogens with one attached hydrogen (secondary N) is 1. The first kappa shape index (κ1) is 18.4. The summed E-state index contributed by atoms with van der Waals surface area (Å²) in [6, 6.07) is 5.44. The lowest BCUT2D eigenvalue weighted by Crippen LogP contribution is -2.14. The van der Waals surface area contributed by atoms with Crippen LogP contribution in [0.4, 0.5) is 30.5 Å². The molecular formula is C15H15F3N4O3. The van der Waals surface area contributed by atoms with Crippen LogP contribution in [0.2, 0.25) is 0 Å². The number of anilines is 2. The zero-order valence-corrected chi connectivity index (χ0v) is 13.4. The molecule has 0 bridgehead atoms. The molecule has 0 aliphatic heterocycles. The minimum atomic E-state index is -4.66. The molecule has 0 amide bonds. The van der Waals surface area contributed by atoms with Crippen molar-refractivity contribution in [3.63, 3.8) is 0 Å². The third-order valence-electron chi connectivity index (χ3n) is 2.93. The van der Waals surface area contributed by atoms with E-state index in [0.717, 1.165) is 0 Å². The van der Waals surface area contributed by atoms with Crippen molar-refractivity contribution in [1.29, 1.82) is 0 Å². The van der Waals surface area contributed by atoms with Gasteiger partial charge >= 0.3 is 6.18 Å². The summed E-state index contributed by atoms with van der Waals surface area (Å²) >= 11 is 0. The Labute approximate surface area is 141 Å². The van der Waals surface area contributed by atoms with Crippen molar-refractivity contribution in [2.45, 2.75) is 20.0 Å². The zero-order chi connectivity index (χ0) is 18.6. The Bertz CT molecular complexity index is 766. The zero-order valence-electron chi connectivity index (χ0n) is 13.4. The highest BCUT2D eigenvalue weighted by molar-refractivity contribution is 5.58. The first-order valence-electron chi connectivity index (χ1n) is 7.25. The number of ether oxygens (including phenoxy) is 1. The van der Waals surface area contributed by atoms with E-state index in [2.05, 4.69) is 15.3 Å². The molecule has 1 aromatic heterocycles. The predicted molar refractivity (Wildman–Crippen MR) is 83.7 cm³/mol. The van der Waals surface area contributed by atoms with Gasteiger partial charge in [-0.2, -0.15) is 18.2 Å². The van der Waals surface area contributed by atoms with Crippen molar-refractivity contribution in [3.8, 4) is 5.88 Å². The standard InChI is InChI=1S/C15H15F3N4O3/c1-9(2)8-25-13-12(15(16,17)18)7-19-14(21-13)20-10-4-3-5-11(6-10)22(23)24/h3-7,9H,8H2,1-2H3,(H,19,20,21). The summed E-state index contributed by atoms with van der Waals surface area (Å²) in [7, 11) is 0. The van der Waals surface area contributed by atoms with E-state index >= 15 is 0 Å². The first-order valence-corrected chi connectivity index (χ1v) is 7.25. The highest BCUT2D eigenvalue weighted by Gasteiger charge is 2.36. The lowest BCUT2D eigenvalue weighted by atomic mass is 10.2. The molecule has 10 heteroatoms. The van der Waals surface area contributed by atoms with Crippen LogP contribution >= 0.6 is 0 Å². The van der Waals surface area contributed by atoms with Gasteiger partial charge < -0.3 is 10.1 Å². The average molecular weight is 356 g/mol. The summed E-state index contributed by atoms with van der Waals surface area (Å²) in [6.07, 6.45) is -4.04. The molecule has 0 aliphatic carbocycles. The lowest BCUT2D eigenvalue weighted by Gasteiger charge is -2.15. The molecule has 0 saturated carbocycles.